The summed E-state index contributed by atoms with van der Waals surface area (Å²) < 4.78 is 5.85. The summed E-state index contributed by atoms with van der Waals surface area (Å²) in [6.45, 7) is 6.62. The molecule has 6 nitrogen and oxygen atoms in total. The number of carbonyl (C=O) groups excluding carboxylic acids is 2. The van der Waals surface area contributed by atoms with Gasteiger partial charge in [0, 0.05) is 0 Å². The molecule has 2 unspecified atom stereocenters. The smallest absolute Gasteiger partial charge is 0.242 e. The fourth-order valence-electron chi connectivity index (χ4n) is 2.66. The molecule has 0 aliphatic carbocycles. The van der Waals surface area contributed by atoms with E-state index in [1.165, 1.54) is 0 Å². The minimum absolute atomic E-state index is 0.0202. The summed E-state index contributed by atoms with van der Waals surface area (Å²) in [6.07, 6.45) is -0.139. The van der Waals surface area contributed by atoms with Gasteiger partial charge in [-0.25, -0.2) is 0 Å². The number of ether oxygens (including phenoxy) is 1. The molecule has 1 aliphatic heterocycles. The number of amides is 2. The number of hydrogen-bond donors (Lipinski definition) is 2. The van der Waals surface area contributed by atoms with Crippen molar-refractivity contribution in [3.05, 3.63) is 35.9 Å². The van der Waals surface area contributed by atoms with E-state index in [2.05, 4.69) is 5.32 Å². The van der Waals surface area contributed by atoms with Crippen molar-refractivity contribution in [1.82, 2.24) is 10.2 Å². The third kappa shape index (κ3) is 4.55. The van der Waals surface area contributed by atoms with E-state index >= 15 is 0 Å². The highest BCUT2D eigenvalue weighted by Crippen LogP contribution is 2.24. The van der Waals surface area contributed by atoms with Gasteiger partial charge in [-0.1, -0.05) is 44.2 Å². The normalized spacial score (nSPS) is 22.3. The number of carbonyl (C=O) groups is 2. The fourth-order valence-corrected chi connectivity index (χ4v) is 2.66. The molecule has 0 saturated carbocycles. The summed E-state index contributed by atoms with van der Waals surface area (Å²) in [6, 6.07) is 9.22. The Kier molecular flexibility index (Phi) is 6.34. The van der Waals surface area contributed by atoms with E-state index in [1.807, 2.05) is 51.1 Å². The number of benzene rings is 1. The average Bonchev–Trinajstić information content (AvgIpc) is 2.59. The molecule has 0 radical (unpaired) electrons. The van der Waals surface area contributed by atoms with Crippen LogP contribution in [0.25, 0.3) is 0 Å². The highest BCUT2D eigenvalue weighted by Gasteiger charge is 2.30. The van der Waals surface area contributed by atoms with Gasteiger partial charge in [0.1, 0.15) is 6.10 Å². The Morgan fingerprint density at radius 3 is 2.62 bits per heavy atom. The molecule has 1 aliphatic rings. The maximum atomic E-state index is 12.5. The van der Waals surface area contributed by atoms with Crippen LogP contribution >= 0.6 is 0 Å². The molecule has 1 aromatic rings. The van der Waals surface area contributed by atoms with Gasteiger partial charge < -0.3 is 20.7 Å². The van der Waals surface area contributed by atoms with Crippen molar-refractivity contribution in [3.63, 3.8) is 0 Å². The highest BCUT2D eigenvalue weighted by molar-refractivity contribution is 5.87. The summed E-state index contributed by atoms with van der Waals surface area (Å²) >= 11 is 0. The Bertz CT molecular complexity index is 562. The molecular formula is C18H27N3O3. The number of nitrogens with zero attached hydrogens (tertiary/aromatic N) is 1. The summed E-state index contributed by atoms with van der Waals surface area (Å²) in [4.78, 5) is 26.2. The van der Waals surface area contributed by atoms with Crippen LogP contribution in [0.15, 0.2) is 30.3 Å². The van der Waals surface area contributed by atoms with Gasteiger partial charge in [0.15, 0.2) is 0 Å². The Balaban J connectivity index is 1.93. The van der Waals surface area contributed by atoms with Gasteiger partial charge in [0.2, 0.25) is 11.8 Å². The Labute approximate surface area is 143 Å². The van der Waals surface area contributed by atoms with E-state index in [-0.39, 0.29) is 36.4 Å². The Hall–Kier alpha value is -1.92. The Morgan fingerprint density at radius 2 is 2.00 bits per heavy atom. The van der Waals surface area contributed by atoms with Crippen molar-refractivity contribution in [1.29, 1.82) is 0 Å². The van der Waals surface area contributed by atoms with Gasteiger partial charge >= 0.3 is 0 Å². The molecule has 1 aromatic carbocycles. The fraction of sp³-hybridized carbons (Fsp3) is 0.556. The van der Waals surface area contributed by atoms with Crippen molar-refractivity contribution >= 4 is 11.8 Å². The van der Waals surface area contributed by atoms with Crippen LogP contribution < -0.4 is 11.1 Å². The number of morpholine rings is 1. The van der Waals surface area contributed by atoms with Crippen LogP contribution in [0.5, 0.6) is 0 Å². The zero-order valence-corrected chi connectivity index (χ0v) is 14.6. The van der Waals surface area contributed by atoms with Gasteiger partial charge in [-0.3, -0.25) is 9.59 Å². The second kappa shape index (κ2) is 8.26. The maximum absolute atomic E-state index is 12.5. The van der Waals surface area contributed by atoms with Crippen LogP contribution in [-0.2, 0) is 14.3 Å². The molecular weight excluding hydrogens is 306 g/mol. The lowest BCUT2D eigenvalue weighted by atomic mass is 10.0. The maximum Gasteiger partial charge on any atom is 0.242 e. The van der Waals surface area contributed by atoms with Crippen molar-refractivity contribution in [2.75, 3.05) is 19.7 Å². The average molecular weight is 333 g/mol. The molecule has 3 atom stereocenters. The van der Waals surface area contributed by atoms with Crippen LogP contribution in [0.3, 0.4) is 0 Å². The molecule has 0 bridgehead atoms. The Morgan fingerprint density at radius 1 is 1.33 bits per heavy atom. The quantitative estimate of drug-likeness (QED) is 0.844. The molecule has 24 heavy (non-hydrogen) atoms. The van der Waals surface area contributed by atoms with Crippen LogP contribution in [0.1, 0.15) is 32.4 Å². The van der Waals surface area contributed by atoms with Gasteiger partial charge in [-0.2, -0.15) is 0 Å². The van der Waals surface area contributed by atoms with E-state index < -0.39 is 6.04 Å². The number of hydrogen-bond acceptors (Lipinski definition) is 4. The summed E-state index contributed by atoms with van der Waals surface area (Å²) in [7, 11) is 0. The van der Waals surface area contributed by atoms with Crippen LogP contribution in [0.4, 0.5) is 0 Å². The molecule has 132 valence electrons. The number of nitrogens with one attached hydrogen (secondary N) is 1. The second-order valence-corrected chi connectivity index (χ2v) is 6.62. The zero-order chi connectivity index (χ0) is 17.7. The predicted octanol–water partition coefficient (Wildman–Crippen LogP) is 1.07. The first-order chi connectivity index (χ1) is 11.4. The second-order valence-electron chi connectivity index (χ2n) is 6.62. The van der Waals surface area contributed by atoms with Crippen LogP contribution in [0, 0.1) is 5.92 Å². The van der Waals surface area contributed by atoms with E-state index in [0.29, 0.717) is 13.2 Å². The third-order valence-corrected chi connectivity index (χ3v) is 4.36. The first-order valence-electron chi connectivity index (χ1n) is 8.39. The standard InChI is InChI=1S/C18H27N3O3/c1-12(2)17(19)18(23)20-9-16(22)21-10-15(24-11-13(21)3)14-7-5-4-6-8-14/h4-8,12-13,15,17H,9-11,19H2,1-3H3,(H,20,23)/t13?,15?,17-/m0/s1. The molecule has 1 heterocycles. The minimum atomic E-state index is -0.600. The summed E-state index contributed by atoms with van der Waals surface area (Å²) in [5.41, 5.74) is 6.84. The minimum Gasteiger partial charge on any atom is -0.370 e. The van der Waals surface area contributed by atoms with Crippen molar-refractivity contribution in [2.24, 2.45) is 11.7 Å². The SMILES string of the molecule is CC(C)[C@H](N)C(=O)NCC(=O)N1CC(c2ccccc2)OCC1C. The first-order valence-corrected chi connectivity index (χ1v) is 8.39. The highest BCUT2D eigenvalue weighted by atomic mass is 16.5. The first kappa shape index (κ1) is 18.4. The zero-order valence-electron chi connectivity index (χ0n) is 14.6. The van der Waals surface area contributed by atoms with Gasteiger partial charge in [0.25, 0.3) is 0 Å². The number of nitrogens with two attached hydrogens (primary N) is 1. The van der Waals surface area contributed by atoms with Gasteiger partial charge in [-0.05, 0) is 18.4 Å². The molecule has 6 heteroatoms. The predicted molar refractivity (Wildman–Crippen MR) is 92.1 cm³/mol. The van der Waals surface area contributed by atoms with Crippen molar-refractivity contribution in [2.45, 2.75) is 39.0 Å². The molecule has 1 saturated heterocycles. The third-order valence-electron chi connectivity index (χ3n) is 4.36. The lowest BCUT2D eigenvalue weighted by Crippen LogP contribution is -2.53. The molecule has 0 spiro atoms. The van der Waals surface area contributed by atoms with E-state index in [0.717, 1.165) is 5.56 Å². The van der Waals surface area contributed by atoms with E-state index in [1.54, 1.807) is 4.90 Å². The number of rotatable bonds is 5. The summed E-state index contributed by atoms with van der Waals surface area (Å²) in [5, 5.41) is 2.64. The summed E-state index contributed by atoms with van der Waals surface area (Å²) in [5.74, 6) is -0.375. The topological polar surface area (TPSA) is 84.7 Å². The van der Waals surface area contributed by atoms with Crippen LogP contribution in [0.2, 0.25) is 0 Å². The molecule has 1 fully saturated rings. The van der Waals surface area contributed by atoms with E-state index in [9.17, 15) is 9.59 Å². The molecule has 2 rings (SSSR count). The van der Waals surface area contributed by atoms with E-state index in [4.69, 9.17) is 10.5 Å². The molecule has 0 aromatic heterocycles. The molecule has 3 N–H and O–H groups in total. The monoisotopic (exact) mass is 333 g/mol. The van der Waals surface area contributed by atoms with Crippen molar-refractivity contribution in [3.8, 4) is 0 Å². The van der Waals surface area contributed by atoms with Gasteiger partial charge in [0.05, 0.1) is 31.8 Å². The van der Waals surface area contributed by atoms with Crippen molar-refractivity contribution < 1.29 is 14.3 Å². The largest absolute Gasteiger partial charge is 0.370 e. The van der Waals surface area contributed by atoms with Crippen LogP contribution in [-0.4, -0.2) is 48.5 Å². The lowest BCUT2D eigenvalue weighted by molar-refractivity contribution is -0.144. The van der Waals surface area contributed by atoms with Gasteiger partial charge in [-0.15, -0.1) is 0 Å². The lowest BCUT2D eigenvalue weighted by Gasteiger charge is -2.38. The molecule has 2 amide bonds.